The zero-order valence-electron chi connectivity index (χ0n) is 10.4. The summed E-state index contributed by atoms with van der Waals surface area (Å²) in [6, 6.07) is 6.13. The maximum absolute atomic E-state index is 12.3. The summed E-state index contributed by atoms with van der Waals surface area (Å²) in [5.74, 6) is 0.0460. The van der Waals surface area contributed by atoms with Gasteiger partial charge < -0.3 is 10.0 Å². The number of aliphatic hydroxyl groups excluding tert-OH is 1. The monoisotopic (exact) mass is 233 g/mol. The molecule has 1 saturated carbocycles. The summed E-state index contributed by atoms with van der Waals surface area (Å²) in [6.07, 6.45) is 2.13. The molecule has 0 atom stereocenters. The van der Waals surface area contributed by atoms with E-state index in [1.54, 1.807) is 4.90 Å². The number of hydrogen-bond donors (Lipinski definition) is 1. The lowest BCUT2D eigenvalue weighted by Crippen LogP contribution is -2.35. The van der Waals surface area contributed by atoms with Gasteiger partial charge >= 0.3 is 0 Å². The summed E-state index contributed by atoms with van der Waals surface area (Å²) in [7, 11) is 0. The lowest BCUT2D eigenvalue weighted by Gasteiger charge is -2.21. The van der Waals surface area contributed by atoms with Crippen LogP contribution < -0.4 is 0 Å². The number of benzene rings is 1. The average Bonchev–Trinajstić information content (AvgIpc) is 3.13. The van der Waals surface area contributed by atoms with Crippen LogP contribution in [0.2, 0.25) is 0 Å². The van der Waals surface area contributed by atoms with Crippen molar-refractivity contribution in [1.29, 1.82) is 0 Å². The van der Waals surface area contributed by atoms with Crippen LogP contribution in [-0.4, -0.2) is 35.1 Å². The Bertz CT molecular complexity index is 424. The van der Waals surface area contributed by atoms with Crippen LogP contribution in [0.4, 0.5) is 0 Å². The van der Waals surface area contributed by atoms with Crippen molar-refractivity contribution in [3.05, 3.63) is 34.9 Å². The first-order valence-corrected chi connectivity index (χ1v) is 6.12. The molecule has 1 aromatic carbocycles. The number of hydrogen-bond acceptors (Lipinski definition) is 2. The van der Waals surface area contributed by atoms with Gasteiger partial charge in [-0.25, -0.2) is 0 Å². The highest BCUT2D eigenvalue weighted by molar-refractivity contribution is 5.94. The van der Waals surface area contributed by atoms with Crippen molar-refractivity contribution in [3.8, 4) is 0 Å². The highest BCUT2D eigenvalue weighted by atomic mass is 16.3. The van der Waals surface area contributed by atoms with Crippen LogP contribution in [0.1, 0.15) is 34.3 Å². The van der Waals surface area contributed by atoms with E-state index in [0.717, 1.165) is 24.0 Å². The van der Waals surface area contributed by atoms with E-state index in [4.69, 9.17) is 5.11 Å². The van der Waals surface area contributed by atoms with Gasteiger partial charge in [0.2, 0.25) is 0 Å². The van der Waals surface area contributed by atoms with Crippen molar-refractivity contribution in [1.82, 2.24) is 4.90 Å². The van der Waals surface area contributed by atoms with E-state index >= 15 is 0 Å². The molecule has 0 unspecified atom stereocenters. The molecule has 0 aromatic heterocycles. The van der Waals surface area contributed by atoms with Gasteiger partial charge in [-0.05, 0) is 49.9 Å². The Labute approximate surface area is 102 Å². The van der Waals surface area contributed by atoms with Crippen LogP contribution in [0.3, 0.4) is 0 Å². The molecule has 92 valence electrons. The van der Waals surface area contributed by atoms with Crippen molar-refractivity contribution < 1.29 is 9.90 Å². The van der Waals surface area contributed by atoms with Gasteiger partial charge in [-0.15, -0.1) is 0 Å². The second-order valence-corrected chi connectivity index (χ2v) is 4.75. The third-order valence-corrected chi connectivity index (χ3v) is 3.34. The molecule has 0 radical (unpaired) electrons. The molecular weight excluding hydrogens is 214 g/mol. The van der Waals surface area contributed by atoms with Crippen LogP contribution in [0.5, 0.6) is 0 Å². The van der Waals surface area contributed by atoms with Gasteiger partial charge in [-0.3, -0.25) is 4.79 Å². The Morgan fingerprint density at radius 1 is 1.35 bits per heavy atom. The number of aliphatic hydroxyl groups is 1. The molecule has 0 spiro atoms. The number of nitrogens with zero attached hydrogens (tertiary/aromatic N) is 1. The smallest absolute Gasteiger partial charge is 0.254 e. The van der Waals surface area contributed by atoms with E-state index in [1.807, 2.05) is 32.0 Å². The standard InChI is InChI=1S/C14H19NO2/c1-10-3-4-12(9-11(10)2)14(17)15(7-8-16)13-5-6-13/h3-4,9,13,16H,5-8H2,1-2H3. The molecule has 0 bridgehead atoms. The Hall–Kier alpha value is -1.35. The molecule has 17 heavy (non-hydrogen) atoms. The van der Waals surface area contributed by atoms with Gasteiger partial charge in [-0.1, -0.05) is 6.07 Å². The molecule has 0 saturated heterocycles. The first kappa shape index (κ1) is 12.1. The summed E-state index contributed by atoms with van der Waals surface area (Å²) in [4.78, 5) is 14.1. The minimum absolute atomic E-state index is 0.0348. The van der Waals surface area contributed by atoms with Crippen LogP contribution in [-0.2, 0) is 0 Å². The normalized spacial score (nSPS) is 14.8. The van der Waals surface area contributed by atoms with Gasteiger partial charge in [0.25, 0.3) is 5.91 Å². The van der Waals surface area contributed by atoms with E-state index in [-0.39, 0.29) is 12.5 Å². The van der Waals surface area contributed by atoms with Gasteiger partial charge in [0, 0.05) is 18.2 Å². The largest absolute Gasteiger partial charge is 0.395 e. The van der Waals surface area contributed by atoms with Crippen molar-refractivity contribution in [2.45, 2.75) is 32.7 Å². The van der Waals surface area contributed by atoms with E-state index < -0.39 is 0 Å². The second kappa shape index (κ2) is 4.88. The van der Waals surface area contributed by atoms with Gasteiger partial charge in [0.15, 0.2) is 0 Å². The number of aryl methyl sites for hydroxylation is 2. The highest BCUT2D eigenvalue weighted by Crippen LogP contribution is 2.28. The molecule has 3 nitrogen and oxygen atoms in total. The maximum Gasteiger partial charge on any atom is 0.254 e. The zero-order valence-corrected chi connectivity index (χ0v) is 10.4. The molecule has 0 aliphatic heterocycles. The molecule has 2 rings (SSSR count). The Morgan fingerprint density at radius 3 is 2.59 bits per heavy atom. The molecule has 3 heteroatoms. The molecule has 1 aliphatic rings. The lowest BCUT2D eigenvalue weighted by molar-refractivity contribution is 0.0707. The highest BCUT2D eigenvalue weighted by Gasteiger charge is 2.32. The van der Waals surface area contributed by atoms with Crippen LogP contribution in [0.25, 0.3) is 0 Å². The number of amides is 1. The summed E-state index contributed by atoms with van der Waals surface area (Å²) in [6.45, 7) is 4.53. The number of rotatable bonds is 4. The van der Waals surface area contributed by atoms with Crippen molar-refractivity contribution in [2.75, 3.05) is 13.2 Å². The molecule has 1 aromatic rings. The van der Waals surface area contributed by atoms with Crippen molar-refractivity contribution in [3.63, 3.8) is 0 Å². The molecule has 0 heterocycles. The Morgan fingerprint density at radius 2 is 2.06 bits per heavy atom. The van der Waals surface area contributed by atoms with E-state index in [2.05, 4.69) is 0 Å². The van der Waals surface area contributed by atoms with Crippen LogP contribution in [0.15, 0.2) is 18.2 Å². The first-order valence-electron chi connectivity index (χ1n) is 6.12. The van der Waals surface area contributed by atoms with E-state index in [0.29, 0.717) is 12.6 Å². The summed E-state index contributed by atoms with van der Waals surface area (Å²) >= 11 is 0. The third-order valence-electron chi connectivity index (χ3n) is 3.34. The summed E-state index contributed by atoms with van der Waals surface area (Å²) in [5, 5.41) is 9.01. The topological polar surface area (TPSA) is 40.5 Å². The minimum atomic E-state index is 0.0348. The maximum atomic E-state index is 12.3. The molecular formula is C14H19NO2. The van der Waals surface area contributed by atoms with Gasteiger partial charge in [0.1, 0.15) is 0 Å². The molecule has 1 aliphatic carbocycles. The van der Waals surface area contributed by atoms with E-state index in [1.165, 1.54) is 5.56 Å². The molecule has 1 fully saturated rings. The minimum Gasteiger partial charge on any atom is -0.395 e. The Balaban J connectivity index is 2.19. The van der Waals surface area contributed by atoms with Crippen molar-refractivity contribution in [2.24, 2.45) is 0 Å². The van der Waals surface area contributed by atoms with Crippen LogP contribution >= 0.6 is 0 Å². The summed E-state index contributed by atoms with van der Waals surface area (Å²) in [5.41, 5.74) is 3.06. The van der Waals surface area contributed by atoms with Gasteiger partial charge in [0.05, 0.1) is 6.61 Å². The van der Waals surface area contributed by atoms with Crippen LogP contribution in [0, 0.1) is 13.8 Å². The predicted molar refractivity (Wildman–Crippen MR) is 67.1 cm³/mol. The Kier molecular flexibility index (Phi) is 3.48. The average molecular weight is 233 g/mol. The van der Waals surface area contributed by atoms with Crippen molar-refractivity contribution >= 4 is 5.91 Å². The quantitative estimate of drug-likeness (QED) is 0.863. The fourth-order valence-corrected chi connectivity index (χ4v) is 1.98. The molecule has 1 amide bonds. The van der Waals surface area contributed by atoms with E-state index in [9.17, 15) is 4.79 Å². The number of carbonyl (C=O) groups is 1. The number of carbonyl (C=O) groups excluding carboxylic acids is 1. The summed E-state index contributed by atoms with van der Waals surface area (Å²) < 4.78 is 0. The SMILES string of the molecule is Cc1ccc(C(=O)N(CCO)C2CC2)cc1C. The molecule has 1 N–H and O–H groups in total. The third kappa shape index (κ3) is 2.67. The lowest BCUT2D eigenvalue weighted by atomic mass is 10.1. The second-order valence-electron chi connectivity index (χ2n) is 4.75. The fourth-order valence-electron chi connectivity index (χ4n) is 1.98. The fraction of sp³-hybridized carbons (Fsp3) is 0.500. The van der Waals surface area contributed by atoms with Gasteiger partial charge in [-0.2, -0.15) is 0 Å². The predicted octanol–water partition coefficient (Wildman–Crippen LogP) is 1.90. The zero-order chi connectivity index (χ0) is 12.4. The first-order chi connectivity index (χ1) is 8.13.